The molecule has 6 atom stereocenters. The molecule has 2 fully saturated rings. The first-order chi connectivity index (χ1) is 22.3. The molecule has 2 saturated heterocycles. The maximum absolute atomic E-state index is 12.7. The van der Waals surface area contributed by atoms with Crippen LogP contribution >= 0.6 is 7.75 Å². The Morgan fingerprint density at radius 2 is 1.94 bits per heavy atom. The van der Waals surface area contributed by atoms with Crippen molar-refractivity contribution in [3.8, 4) is 11.8 Å². The molecule has 0 saturated carbocycles. The van der Waals surface area contributed by atoms with Gasteiger partial charge in [0.1, 0.15) is 42.6 Å². The van der Waals surface area contributed by atoms with Crippen LogP contribution in [0, 0.1) is 24.7 Å². The average molecular weight is 673 g/mol. The van der Waals surface area contributed by atoms with Crippen molar-refractivity contribution in [2.45, 2.75) is 77.0 Å². The van der Waals surface area contributed by atoms with Gasteiger partial charge in [-0.3, -0.25) is 14.2 Å². The zero-order chi connectivity index (χ0) is 33.9. The van der Waals surface area contributed by atoms with Crippen LogP contribution in [-0.2, 0) is 23.4 Å². The van der Waals surface area contributed by atoms with Gasteiger partial charge in [-0.25, -0.2) is 23.9 Å². The number of imidazole rings is 1. The van der Waals surface area contributed by atoms with Crippen LogP contribution in [0.15, 0.2) is 24.9 Å². The van der Waals surface area contributed by atoms with Crippen molar-refractivity contribution in [3.63, 3.8) is 0 Å². The van der Waals surface area contributed by atoms with Crippen molar-refractivity contribution in [1.29, 1.82) is 0 Å². The summed E-state index contributed by atoms with van der Waals surface area (Å²) >= 11 is 0. The number of aliphatic hydroxyl groups excluding tert-OH is 1. The van der Waals surface area contributed by atoms with Gasteiger partial charge >= 0.3 is 13.7 Å². The summed E-state index contributed by atoms with van der Waals surface area (Å²) in [5.74, 6) is 6.98. The second-order valence-electron chi connectivity index (χ2n) is 12.7. The number of carbonyl (C=O) groups is 1. The van der Waals surface area contributed by atoms with Gasteiger partial charge < -0.3 is 34.7 Å². The van der Waals surface area contributed by atoms with Gasteiger partial charge in [-0.15, -0.1) is 0 Å². The summed E-state index contributed by atoms with van der Waals surface area (Å²) < 4.78 is 32.4. The van der Waals surface area contributed by atoms with Gasteiger partial charge in [0.05, 0.1) is 36.1 Å². The van der Waals surface area contributed by atoms with E-state index in [1.54, 1.807) is 17.7 Å². The molecule has 15 nitrogen and oxygen atoms in total. The highest BCUT2D eigenvalue weighted by Crippen LogP contribution is 2.45. The standard InChI is InChI=1S/C31H45N8O7P/c1-20(2)12-23-15-37(5)24(16-36(23)4)17-44-28(41)9-7-6-8-22-14-38(31-29(22)30(32)34-19-35-31)27-13-25(40)26(46-27)18-45-47(42,43)39-11-10-33-21(39)3/h10-11,14,19-20,23-27,40H,7,9,12-13,15-18H2,1-5H3,(H,42,43)(H2,32,34,35)/t23?,24?,25?,26-,27-/m1/s1. The molecule has 256 valence electrons. The number of rotatable bonds is 11. The van der Waals surface area contributed by atoms with E-state index in [1.165, 1.54) is 18.7 Å². The van der Waals surface area contributed by atoms with Gasteiger partial charge in [0, 0.05) is 50.6 Å². The SMILES string of the molecule is Cc1nccn1P(=O)(O)OC[C@H]1O[C@@H](n2cc(C#CCCC(=O)OCC3CN(C)C(CC(C)C)CN3C)c3c(N)ncnc32)CC1O. The third-order valence-electron chi connectivity index (χ3n) is 8.73. The highest BCUT2D eigenvalue weighted by molar-refractivity contribution is 7.51. The number of fused-ring (bicyclic) bond motifs is 1. The Morgan fingerprint density at radius 3 is 2.66 bits per heavy atom. The molecule has 0 aliphatic carbocycles. The predicted molar refractivity (Wildman–Crippen MR) is 174 cm³/mol. The van der Waals surface area contributed by atoms with Crippen molar-refractivity contribution in [2.75, 3.05) is 46.1 Å². The van der Waals surface area contributed by atoms with E-state index in [4.69, 9.17) is 19.7 Å². The molecule has 2 aliphatic heterocycles. The molecule has 47 heavy (non-hydrogen) atoms. The molecular formula is C31H45N8O7P. The number of esters is 1. The number of hydrogen-bond acceptors (Lipinski definition) is 12. The van der Waals surface area contributed by atoms with E-state index in [0.29, 0.717) is 41.0 Å². The van der Waals surface area contributed by atoms with Crippen molar-refractivity contribution < 1.29 is 33.4 Å². The Hall–Kier alpha value is -3.35. The summed E-state index contributed by atoms with van der Waals surface area (Å²) in [6.07, 6.45) is 5.00. The Labute approximate surface area is 274 Å². The number of aliphatic hydroxyl groups is 1. The van der Waals surface area contributed by atoms with Crippen LogP contribution in [0.1, 0.15) is 57.1 Å². The highest BCUT2D eigenvalue weighted by Gasteiger charge is 2.38. The Balaban J connectivity index is 1.18. The van der Waals surface area contributed by atoms with Crippen LogP contribution in [0.3, 0.4) is 0 Å². The molecule has 5 heterocycles. The van der Waals surface area contributed by atoms with Crippen LogP contribution in [0.2, 0.25) is 0 Å². The first-order valence-electron chi connectivity index (χ1n) is 15.8. The van der Waals surface area contributed by atoms with Crippen molar-refractivity contribution >= 4 is 30.6 Å². The van der Waals surface area contributed by atoms with Crippen LogP contribution < -0.4 is 5.73 Å². The normalized spacial score (nSPS) is 25.1. The predicted octanol–water partition coefficient (Wildman–Crippen LogP) is 2.17. The summed E-state index contributed by atoms with van der Waals surface area (Å²) in [6.45, 7) is 7.85. The summed E-state index contributed by atoms with van der Waals surface area (Å²) in [6, 6.07) is 0.640. The topological polar surface area (TPSA) is 183 Å². The minimum Gasteiger partial charge on any atom is -0.464 e. The molecule has 4 N–H and O–H groups in total. The van der Waals surface area contributed by atoms with Gasteiger partial charge in [0.25, 0.3) is 0 Å². The summed E-state index contributed by atoms with van der Waals surface area (Å²) in [5.41, 5.74) is 7.20. The average Bonchev–Trinajstić information content (AvgIpc) is 3.72. The monoisotopic (exact) mass is 672 g/mol. The third-order valence-corrected chi connectivity index (χ3v) is 10.2. The lowest BCUT2D eigenvalue weighted by atomic mass is 9.99. The zero-order valence-corrected chi connectivity index (χ0v) is 28.4. The van der Waals surface area contributed by atoms with Gasteiger partial charge in [-0.2, -0.15) is 0 Å². The fraction of sp³-hybridized carbons (Fsp3) is 0.613. The molecule has 5 rings (SSSR count). The van der Waals surface area contributed by atoms with Gasteiger partial charge in [-0.1, -0.05) is 25.7 Å². The lowest BCUT2D eigenvalue weighted by Gasteiger charge is -2.43. The Kier molecular flexibility index (Phi) is 11.0. The molecular weight excluding hydrogens is 627 g/mol. The van der Waals surface area contributed by atoms with E-state index in [0.717, 1.165) is 23.8 Å². The number of piperazine rings is 1. The maximum Gasteiger partial charge on any atom is 0.437 e. The van der Waals surface area contributed by atoms with E-state index < -0.39 is 26.2 Å². The molecule has 3 aromatic heterocycles. The van der Waals surface area contributed by atoms with Crippen molar-refractivity contribution in [3.05, 3.63) is 36.3 Å². The number of aryl methyl sites for hydroxylation is 1. The summed E-state index contributed by atoms with van der Waals surface area (Å²) in [4.78, 5) is 40.0. The number of anilines is 1. The third kappa shape index (κ3) is 8.21. The van der Waals surface area contributed by atoms with Crippen LogP contribution in [-0.4, -0.2) is 114 Å². The molecule has 2 aliphatic rings. The number of nitrogen functional groups attached to an aromatic ring is 1. The minimum absolute atomic E-state index is 0.143. The molecule has 0 spiro atoms. The summed E-state index contributed by atoms with van der Waals surface area (Å²) in [5, 5.41) is 11.2. The summed E-state index contributed by atoms with van der Waals surface area (Å²) in [7, 11) is -0.0159. The number of carbonyl (C=O) groups excluding carboxylic acids is 1. The first kappa shape index (κ1) is 35.0. The van der Waals surface area contributed by atoms with E-state index in [1.807, 2.05) is 0 Å². The molecule has 4 unspecified atom stereocenters. The molecule has 0 aromatic carbocycles. The number of likely N-dealkylation sites (N-methyl/N-ethyl adjacent to an activating group) is 2. The number of ether oxygens (including phenoxy) is 2. The number of nitrogens with zero attached hydrogens (tertiary/aromatic N) is 7. The second kappa shape index (κ2) is 14.8. The number of nitrogens with two attached hydrogens (primary N) is 1. The molecule has 0 bridgehead atoms. The maximum atomic E-state index is 12.7. The smallest absolute Gasteiger partial charge is 0.437 e. The lowest BCUT2D eigenvalue weighted by molar-refractivity contribution is -0.146. The molecule has 3 aromatic rings. The number of hydrogen-bond donors (Lipinski definition) is 3. The number of aromatic nitrogens is 5. The van der Waals surface area contributed by atoms with Crippen LogP contribution in [0.4, 0.5) is 5.82 Å². The van der Waals surface area contributed by atoms with Crippen molar-refractivity contribution in [2.24, 2.45) is 5.92 Å². The van der Waals surface area contributed by atoms with E-state index in [2.05, 4.69) is 64.5 Å². The molecule has 0 radical (unpaired) electrons. The minimum atomic E-state index is -4.23. The Morgan fingerprint density at radius 1 is 1.19 bits per heavy atom. The molecule has 0 amide bonds. The van der Waals surface area contributed by atoms with Gasteiger partial charge in [-0.05, 0) is 33.4 Å². The fourth-order valence-electron chi connectivity index (χ4n) is 6.13. The van der Waals surface area contributed by atoms with E-state index >= 15 is 0 Å². The van der Waals surface area contributed by atoms with Gasteiger partial charge in [0.2, 0.25) is 0 Å². The van der Waals surface area contributed by atoms with E-state index in [9.17, 15) is 19.4 Å². The first-order valence-corrected chi connectivity index (χ1v) is 17.3. The fourth-order valence-corrected chi connectivity index (χ4v) is 7.24. The largest absolute Gasteiger partial charge is 0.464 e. The van der Waals surface area contributed by atoms with Crippen molar-refractivity contribution in [1.82, 2.24) is 33.7 Å². The highest BCUT2D eigenvalue weighted by atomic mass is 31.2. The molecule has 16 heteroatoms. The zero-order valence-electron chi connectivity index (χ0n) is 27.5. The Bertz CT molecular complexity index is 1670. The lowest BCUT2D eigenvalue weighted by Crippen LogP contribution is -2.57. The van der Waals surface area contributed by atoms with Crippen LogP contribution in [0.5, 0.6) is 0 Å². The van der Waals surface area contributed by atoms with Crippen LogP contribution in [0.25, 0.3) is 11.0 Å². The van der Waals surface area contributed by atoms with E-state index in [-0.39, 0.29) is 43.7 Å². The van der Waals surface area contributed by atoms with Gasteiger partial charge in [0.15, 0.2) is 0 Å². The second-order valence-corrected chi connectivity index (χ2v) is 14.4. The quantitative estimate of drug-likeness (QED) is 0.153.